The van der Waals surface area contributed by atoms with Gasteiger partial charge in [-0.1, -0.05) is 249 Å². The molecule has 0 bridgehead atoms. The summed E-state index contributed by atoms with van der Waals surface area (Å²) in [6.45, 7) is 0. The van der Waals surface area contributed by atoms with E-state index in [9.17, 15) is 0 Å². The lowest BCUT2D eigenvalue weighted by molar-refractivity contribution is 0.893. The first-order valence-corrected chi connectivity index (χ1v) is 41.0. The number of hydrogen-bond donors (Lipinski definition) is 0. The fraction of sp³-hybridized carbons (Fsp3) is 0. The van der Waals surface area contributed by atoms with Crippen molar-refractivity contribution in [1.29, 1.82) is 0 Å². The smallest absolute Gasteiger partial charge is 0.240 e. The number of nitrogens with zero attached hydrogens (tertiary/aromatic N) is 9. The first kappa shape index (κ1) is 67.1. The van der Waals surface area contributed by atoms with Crippen LogP contribution in [0.5, 0.6) is 0 Å². The summed E-state index contributed by atoms with van der Waals surface area (Å²) in [6.07, 6.45) is 0. The molecule has 0 atom stereocenters. The van der Waals surface area contributed by atoms with Gasteiger partial charge in [0.1, 0.15) is 0 Å². The Morgan fingerprint density at radius 1 is 0.133 bits per heavy atom. The zero-order valence-corrected chi connectivity index (χ0v) is 64.9. The SMILES string of the molecule is c1ccc(-c2ccccc2-c2nc(-n3c4ccc(-c5ccc6c(c5)c5ccccc5n6-c5ccccc5)cc4c4cc(-c5ccc6c(c5)c5ccccc5n6-c5ccccc5)ccc43)nc(-n3c4ccc(-c5ccc6c(c5)c5ccccc5n6-c5ccccc5)cc4c4cc(-c5ccc6c(c5)c5ccccc5n6-c5ccccc5)ccc43)n2)cc1. The molecule has 25 rings (SSSR count). The van der Waals surface area contributed by atoms with Crippen molar-refractivity contribution in [3.8, 4) is 102 Å². The van der Waals surface area contributed by atoms with E-state index in [4.69, 9.17) is 15.0 Å². The van der Waals surface area contributed by atoms with Crippen molar-refractivity contribution in [1.82, 2.24) is 42.4 Å². The molecule has 0 fully saturated rings. The highest BCUT2D eigenvalue weighted by Gasteiger charge is 2.27. The van der Waals surface area contributed by atoms with Crippen LogP contribution in [0.3, 0.4) is 0 Å². The Morgan fingerprint density at radius 2 is 0.333 bits per heavy atom. The van der Waals surface area contributed by atoms with E-state index in [0.29, 0.717) is 17.7 Å². The molecule has 0 aliphatic carbocycles. The maximum absolute atomic E-state index is 5.93. The highest BCUT2D eigenvalue weighted by atomic mass is 15.3. The van der Waals surface area contributed by atoms with E-state index >= 15 is 0 Å². The Hall–Kier alpha value is -16.2. The molecule has 120 heavy (non-hydrogen) atoms. The molecule has 0 spiro atoms. The summed E-state index contributed by atoms with van der Waals surface area (Å²) < 4.78 is 14.1. The van der Waals surface area contributed by atoms with Gasteiger partial charge in [-0.3, -0.25) is 9.13 Å². The Balaban J connectivity index is 0.728. The largest absolute Gasteiger partial charge is 0.309 e. The fourth-order valence-electron chi connectivity index (χ4n) is 19.4. The second kappa shape index (κ2) is 26.7. The Kier molecular flexibility index (Phi) is 14.9. The minimum absolute atomic E-state index is 0.484. The molecule has 0 saturated heterocycles. The summed E-state index contributed by atoms with van der Waals surface area (Å²) in [7, 11) is 0. The van der Waals surface area contributed by atoms with Crippen molar-refractivity contribution < 1.29 is 0 Å². The van der Waals surface area contributed by atoms with E-state index in [-0.39, 0.29) is 0 Å². The highest BCUT2D eigenvalue weighted by Crippen LogP contribution is 2.46. The van der Waals surface area contributed by atoms with Crippen LogP contribution in [-0.4, -0.2) is 42.4 Å². The molecule has 0 unspecified atom stereocenters. The molecule has 558 valence electrons. The van der Waals surface area contributed by atoms with Crippen LogP contribution >= 0.6 is 0 Å². The van der Waals surface area contributed by atoms with Crippen LogP contribution in [0.1, 0.15) is 0 Å². The number of fused-ring (bicyclic) bond motifs is 18. The van der Waals surface area contributed by atoms with Crippen molar-refractivity contribution in [3.63, 3.8) is 0 Å². The Morgan fingerprint density at radius 3 is 0.600 bits per heavy atom. The van der Waals surface area contributed by atoms with Gasteiger partial charge in [-0.25, -0.2) is 0 Å². The van der Waals surface area contributed by atoms with Crippen molar-refractivity contribution in [2.45, 2.75) is 0 Å². The Bertz CT molecular complexity index is 7630. The van der Waals surface area contributed by atoms with Gasteiger partial charge in [0.25, 0.3) is 0 Å². The van der Waals surface area contributed by atoms with Crippen molar-refractivity contribution in [2.24, 2.45) is 0 Å². The van der Waals surface area contributed by atoms with Gasteiger partial charge < -0.3 is 18.3 Å². The van der Waals surface area contributed by atoms with E-state index in [1.807, 2.05) is 0 Å². The van der Waals surface area contributed by atoms with Gasteiger partial charge in [0.15, 0.2) is 5.82 Å². The molecule has 0 aliphatic heterocycles. The van der Waals surface area contributed by atoms with Gasteiger partial charge >= 0.3 is 0 Å². The van der Waals surface area contributed by atoms with Gasteiger partial charge in [-0.2, -0.15) is 15.0 Å². The molecule has 7 heterocycles. The van der Waals surface area contributed by atoms with Crippen LogP contribution in [0, 0.1) is 0 Å². The van der Waals surface area contributed by atoms with Gasteiger partial charge in [-0.05, 0) is 225 Å². The number of rotatable bonds is 12. The third-order valence-electron chi connectivity index (χ3n) is 24.9. The van der Waals surface area contributed by atoms with E-state index in [0.717, 1.165) is 150 Å². The summed E-state index contributed by atoms with van der Waals surface area (Å²) in [5.74, 6) is 1.51. The first-order valence-electron chi connectivity index (χ1n) is 41.0. The topological polar surface area (TPSA) is 68.2 Å². The average Bonchev–Trinajstić information content (AvgIpc) is 1.57. The van der Waals surface area contributed by atoms with E-state index < -0.39 is 0 Å². The standard InChI is InChI=1S/C111H69N9/c1-6-26-70(27-7-1)83-36-16-17-41-88(83)109-112-110(119-105-58-50-75(71-46-54-101-89(62-71)84-37-18-22-42-97(84)115(101)79-28-8-2-9-29-79)66-93(105)94-67-76(51-59-106(94)119)72-47-55-102-90(63-72)85-38-19-23-43-98(85)116(102)80-30-10-3-11-31-80)114-111(113-109)120-107-60-52-77(73-48-56-103-91(64-73)86-39-20-24-44-99(86)117(103)81-32-12-4-13-33-81)68-95(107)96-69-78(53-61-108(96)120)74-49-57-104-92(65-74)87-40-21-25-45-100(87)118(104)82-34-14-5-15-35-82/h1-69H. The molecule has 9 heteroatoms. The van der Waals surface area contributed by atoms with Crippen molar-refractivity contribution in [3.05, 3.63) is 419 Å². The maximum atomic E-state index is 5.93. The molecule has 0 aliphatic rings. The minimum Gasteiger partial charge on any atom is -0.309 e. The summed E-state index contributed by atoms with van der Waals surface area (Å²) in [4.78, 5) is 17.5. The third kappa shape index (κ3) is 10.4. The summed E-state index contributed by atoms with van der Waals surface area (Å²) in [5.41, 5.74) is 29.4. The normalized spacial score (nSPS) is 12.0. The van der Waals surface area contributed by atoms with Gasteiger partial charge in [0.05, 0.1) is 66.2 Å². The predicted octanol–water partition coefficient (Wildman–Crippen LogP) is 28.5. The van der Waals surface area contributed by atoms with E-state index in [1.54, 1.807) is 0 Å². The van der Waals surface area contributed by atoms with Crippen LogP contribution in [0.2, 0.25) is 0 Å². The van der Waals surface area contributed by atoms with E-state index in [2.05, 4.69) is 446 Å². The minimum atomic E-state index is 0.484. The van der Waals surface area contributed by atoms with Crippen molar-refractivity contribution in [2.75, 3.05) is 0 Å². The third-order valence-corrected chi connectivity index (χ3v) is 24.9. The monoisotopic (exact) mass is 1530 g/mol. The Labute approximate surface area is 688 Å². The number of hydrogen-bond acceptors (Lipinski definition) is 3. The fourth-order valence-corrected chi connectivity index (χ4v) is 19.4. The van der Waals surface area contributed by atoms with Gasteiger partial charge in [0.2, 0.25) is 11.9 Å². The maximum Gasteiger partial charge on any atom is 0.240 e. The molecule has 0 radical (unpaired) electrons. The van der Waals surface area contributed by atoms with Crippen LogP contribution < -0.4 is 0 Å². The van der Waals surface area contributed by atoms with Crippen molar-refractivity contribution >= 4 is 131 Å². The van der Waals surface area contributed by atoms with Crippen LogP contribution in [-0.2, 0) is 0 Å². The lowest BCUT2D eigenvalue weighted by atomic mass is 9.98. The lowest BCUT2D eigenvalue weighted by Crippen LogP contribution is -2.10. The molecule has 9 nitrogen and oxygen atoms in total. The quantitative estimate of drug-likeness (QED) is 0.122. The molecular formula is C111H69N9. The number of benzene rings is 18. The van der Waals surface area contributed by atoms with Crippen LogP contribution in [0.15, 0.2) is 419 Å². The lowest BCUT2D eigenvalue weighted by Gasteiger charge is -2.15. The number of aromatic nitrogens is 9. The highest BCUT2D eigenvalue weighted by molar-refractivity contribution is 6.18. The summed E-state index contributed by atoms with van der Waals surface area (Å²) in [6, 6.07) is 153. The molecule has 0 saturated carbocycles. The second-order valence-corrected chi connectivity index (χ2v) is 31.4. The molecule has 0 amide bonds. The predicted molar refractivity (Wildman–Crippen MR) is 498 cm³/mol. The average molecular weight is 1530 g/mol. The summed E-state index contributed by atoms with van der Waals surface area (Å²) >= 11 is 0. The van der Waals surface area contributed by atoms with Gasteiger partial charge in [0, 0.05) is 92.9 Å². The van der Waals surface area contributed by atoms with Gasteiger partial charge in [-0.15, -0.1) is 0 Å². The zero-order valence-electron chi connectivity index (χ0n) is 64.9. The van der Waals surface area contributed by atoms with Crippen LogP contribution in [0.25, 0.3) is 233 Å². The number of para-hydroxylation sites is 8. The molecule has 18 aromatic carbocycles. The van der Waals surface area contributed by atoms with Crippen LogP contribution in [0.4, 0.5) is 0 Å². The molecule has 7 aromatic heterocycles. The zero-order chi connectivity index (χ0) is 78.6. The second-order valence-electron chi connectivity index (χ2n) is 31.4. The van der Waals surface area contributed by atoms with E-state index in [1.165, 1.54) is 65.2 Å². The molecule has 0 N–H and O–H groups in total. The first-order chi connectivity index (χ1) is 59.5. The molecular weight excluding hydrogens is 1460 g/mol. The molecule has 25 aromatic rings. The summed E-state index contributed by atoms with van der Waals surface area (Å²) in [5, 5.41) is 13.8.